The molecule has 0 bridgehead atoms. The highest BCUT2D eigenvalue weighted by Gasteiger charge is 2.27. The van der Waals surface area contributed by atoms with E-state index in [0.717, 1.165) is 0 Å². The average Bonchev–Trinajstić information content (AvgIpc) is 2.17. The maximum absolute atomic E-state index is 9.58. The molecule has 1 atom stereocenters. The molecule has 0 aromatic heterocycles. The van der Waals surface area contributed by atoms with Crippen molar-refractivity contribution in [3.05, 3.63) is 10.1 Å². The SMILES string of the molecule is O=[N+]([O-])CC1CO1. The number of nitrogens with zero attached hydrogens (tertiary/aromatic N) is 1. The van der Waals surface area contributed by atoms with Gasteiger partial charge in [0.05, 0.1) is 6.61 Å². The van der Waals surface area contributed by atoms with Crippen molar-refractivity contribution in [1.82, 2.24) is 0 Å². The van der Waals surface area contributed by atoms with E-state index >= 15 is 0 Å². The Hall–Kier alpha value is -0.640. The molecule has 7 heavy (non-hydrogen) atoms. The molecule has 1 aliphatic heterocycles. The zero-order valence-electron chi connectivity index (χ0n) is 3.66. The second kappa shape index (κ2) is 1.46. The molecule has 0 aliphatic carbocycles. The number of epoxide rings is 1. The van der Waals surface area contributed by atoms with Crippen LogP contribution in [0.15, 0.2) is 0 Å². The Kier molecular flexibility index (Phi) is 0.941. The molecule has 0 spiro atoms. The zero-order valence-corrected chi connectivity index (χ0v) is 3.66. The third-order valence-electron chi connectivity index (χ3n) is 0.755. The standard InChI is InChI=1S/C3H5NO3/c5-4(6)1-3-2-7-3/h3H,1-2H2. The first-order chi connectivity index (χ1) is 3.29. The second-order valence-electron chi connectivity index (χ2n) is 1.47. The smallest absolute Gasteiger partial charge is 0.231 e. The summed E-state index contributed by atoms with van der Waals surface area (Å²) in [6, 6.07) is 0. The minimum atomic E-state index is -0.363. The van der Waals surface area contributed by atoms with Crippen LogP contribution in [0.25, 0.3) is 0 Å². The lowest BCUT2D eigenvalue weighted by atomic mass is 10.5. The monoisotopic (exact) mass is 103 g/mol. The molecule has 4 nitrogen and oxygen atoms in total. The number of hydrogen-bond donors (Lipinski definition) is 0. The first kappa shape index (κ1) is 4.52. The Balaban J connectivity index is 2.08. The molecule has 1 rings (SSSR count). The molecule has 0 saturated carbocycles. The summed E-state index contributed by atoms with van der Waals surface area (Å²) in [6.45, 7) is 0.543. The fourth-order valence-electron chi connectivity index (χ4n) is 0.340. The van der Waals surface area contributed by atoms with E-state index in [9.17, 15) is 10.1 Å². The molecule has 40 valence electrons. The minimum Gasteiger partial charge on any atom is -0.366 e. The van der Waals surface area contributed by atoms with Gasteiger partial charge in [0.25, 0.3) is 0 Å². The summed E-state index contributed by atoms with van der Waals surface area (Å²) in [5.41, 5.74) is 0. The molecule has 1 aliphatic rings. The lowest BCUT2D eigenvalue weighted by Crippen LogP contribution is -2.06. The van der Waals surface area contributed by atoms with Crippen LogP contribution in [0.5, 0.6) is 0 Å². The van der Waals surface area contributed by atoms with Gasteiger partial charge in [0.15, 0.2) is 0 Å². The highest BCUT2D eigenvalue weighted by Crippen LogP contribution is 2.07. The van der Waals surface area contributed by atoms with Crippen LogP contribution in [0.2, 0.25) is 0 Å². The van der Waals surface area contributed by atoms with Crippen LogP contribution in [0.4, 0.5) is 0 Å². The van der Waals surface area contributed by atoms with E-state index in [0.29, 0.717) is 6.61 Å². The summed E-state index contributed by atoms with van der Waals surface area (Å²) >= 11 is 0. The quantitative estimate of drug-likeness (QED) is 0.273. The van der Waals surface area contributed by atoms with Gasteiger partial charge < -0.3 is 4.74 Å². The Morgan fingerprint density at radius 1 is 2.00 bits per heavy atom. The van der Waals surface area contributed by atoms with Crippen LogP contribution in [0.1, 0.15) is 0 Å². The zero-order chi connectivity index (χ0) is 5.28. The molecule has 4 heteroatoms. The number of hydrogen-bond acceptors (Lipinski definition) is 3. The molecule has 1 saturated heterocycles. The Morgan fingerprint density at radius 2 is 2.57 bits per heavy atom. The van der Waals surface area contributed by atoms with Gasteiger partial charge in [-0.05, 0) is 0 Å². The van der Waals surface area contributed by atoms with Crippen molar-refractivity contribution < 1.29 is 9.66 Å². The van der Waals surface area contributed by atoms with E-state index in [1.165, 1.54) is 0 Å². The molecule has 0 aromatic carbocycles. The fraction of sp³-hybridized carbons (Fsp3) is 1.00. The van der Waals surface area contributed by atoms with Crippen molar-refractivity contribution in [1.29, 1.82) is 0 Å². The largest absolute Gasteiger partial charge is 0.366 e. The minimum absolute atomic E-state index is 0.0278. The third kappa shape index (κ3) is 1.50. The van der Waals surface area contributed by atoms with Crippen LogP contribution >= 0.6 is 0 Å². The van der Waals surface area contributed by atoms with E-state index in [-0.39, 0.29) is 17.6 Å². The average molecular weight is 103 g/mol. The van der Waals surface area contributed by atoms with Crippen molar-refractivity contribution in [2.75, 3.05) is 13.2 Å². The van der Waals surface area contributed by atoms with Gasteiger partial charge in [-0.3, -0.25) is 10.1 Å². The van der Waals surface area contributed by atoms with Gasteiger partial charge in [0.1, 0.15) is 6.10 Å². The first-order valence-electron chi connectivity index (χ1n) is 2.02. The Morgan fingerprint density at radius 3 is 2.71 bits per heavy atom. The summed E-state index contributed by atoms with van der Waals surface area (Å²) in [5.74, 6) is 0. The molecule has 0 radical (unpaired) electrons. The van der Waals surface area contributed by atoms with Crippen molar-refractivity contribution in [2.45, 2.75) is 6.10 Å². The van der Waals surface area contributed by atoms with Crippen molar-refractivity contribution in [3.8, 4) is 0 Å². The molecule has 1 fully saturated rings. The number of nitro groups is 1. The number of ether oxygens (including phenoxy) is 1. The first-order valence-corrected chi connectivity index (χ1v) is 2.02. The molecule has 0 aromatic rings. The maximum Gasteiger partial charge on any atom is 0.231 e. The second-order valence-corrected chi connectivity index (χ2v) is 1.47. The van der Waals surface area contributed by atoms with E-state index in [1.54, 1.807) is 0 Å². The van der Waals surface area contributed by atoms with E-state index in [4.69, 9.17) is 0 Å². The maximum atomic E-state index is 9.58. The topological polar surface area (TPSA) is 55.7 Å². The molecule has 0 amide bonds. The predicted molar refractivity (Wildman–Crippen MR) is 21.6 cm³/mol. The van der Waals surface area contributed by atoms with E-state index in [1.807, 2.05) is 0 Å². The summed E-state index contributed by atoms with van der Waals surface area (Å²) in [7, 11) is 0. The van der Waals surface area contributed by atoms with Gasteiger partial charge in [0.2, 0.25) is 6.54 Å². The van der Waals surface area contributed by atoms with Crippen LogP contribution in [0.3, 0.4) is 0 Å². The van der Waals surface area contributed by atoms with Crippen LogP contribution in [-0.4, -0.2) is 24.2 Å². The van der Waals surface area contributed by atoms with Crippen molar-refractivity contribution >= 4 is 0 Å². The lowest BCUT2D eigenvalue weighted by molar-refractivity contribution is -0.481. The molecular formula is C3H5NO3. The van der Waals surface area contributed by atoms with Crippen LogP contribution in [0, 0.1) is 10.1 Å². The Labute approximate surface area is 40.2 Å². The molecule has 1 heterocycles. The summed E-state index contributed by atoms with van der Waals surface area (Å²) < 4.78 is 4.58. The van der Waals surface area contributed by atoms with Gasteiger partial charge in [-0.1, -0.05) is 0 Å². The fourth-order valence-corrected chi connectivity index (χ4v) is 0.340. The summed E-state index contributed by atoms with van der Waals surface area (Å²) in [6.07, 6.45) is -0.0741. The van der Waals surface area contributed by atoms with Gasteiger partial charge in [-0.15, -0.1) is 0 Å². The molecule has 1 unspecified atom stereocenters. The highest BCUT2D eigenvalue weighted by atomic mass is 16.6. The van der Waals surface area contributed by atoms with E-state index < -0.39 is 0 Å². The van der Waals surface area contributed by atoms with Crippen LogP contribution < -0.4 is 0 Å². The summed E-state index contributed by atoms with van der Waals surface area (Å²) in [5, 5.41) is 9.58. The van der Waals surface area contributed by atoms with E-state index in [2.05, 4.69) is 4.74 Å². The van der Waals surface area contributed by atoms with Gasteiger partial charge in [-0.25, -0.2) is 0 Å². The highest BCUT2D eigenvalue weighted by molar-refractivity contribution is 4.65. The van der Waals surface area contributed by atoms with Crippen molar-refractivity contribution in [3.63, 3.8) is 0 Å². The number of rotatable bonds is 2. The van der Waals surface area contributed by atoms with Crippen molar-refractivity contribution in [2.24, 2.45) is 0 Å². The van der Waals surface area contributed by atoms with Crippen LogP contribution in [-0.2, 0) is 4.74 Å². The normalized spacial score (nSPS) is 27.1. The molecule has 0 N–H and O–H groups in total. The lowest BCUT2D eigenvalue weighted by Gasteiger charge is -1.80. The predicted octanol–water partition coefficient (Wildman–Crippen LogP) is -0.338. The summed E-state index contributed by atoms with van der Waals surface area (Å²) in [4.78, 5) is 9.21. The Bertz CT molecular complexity index is 88.2. The van der Waals surface area contributed by atoms with Gasteiger partial charge in [0, 0.05) is 4.92 Å². The molecular weight excluding hydrogens is 98.0 g/mol. The van der Waals surface area contributed by atoms with Gasteiger partial charge >= 0.3 is 0 Å². The van der Waals surface area contributed by atoms with Gasteiger partial charge in [-0.2, -0.15) is 0 Å². The third-order valence-corrected chi connectivity index (χ3v) is 0.755.